The first-order chi connectivity index (χ1) is 10.9. The monoisotopic (exact) mass is 310 g/mol. The fourth-order valence-electron chi connectivity index (χ4n) is 3.17. The van der Waals surface area contributed by atoms with Crippen molar-refractivity contribution >= 4 is 5.78 Å². The van der Waals surface area contributed by atoms with Crippen LogP contribution in [0.15, 0.2) is 60.7 Å². The molecule has 0 saturated carbocycles. The zero-order chi connectivity index (χ0) is 16.9. The highest BCUT2D eigenvalue weighted by atomic mass is 16.1. The van der Waals surface area contributed by atoms with E-state index in [1.165, 1.54) is 0 Å². The van der Waals surface area contributed by atoms with Crippen LogP contribution in [0.4, 0.5) is 0 Å². The van der Waals surface area contributed by atoms with Crippen LogP contribution in [0.25, 0.3) is 0 Å². The van der Waals surface area contributed by atoms with Crippen LogP contribution in [0, 0.1) is 0 Å². The topological polar surface area (TPSA) is 17.1 Å². The number of ketones is 1. The van der Waals surface area contributed by atoms with E-state index in [-0.39, 0.29) is 0 Å². The molecule has 0 heterocycles. The molecule has 122 valence electrons. The quantitative estimate of drug-likeness (QED) is 0.705. The minimum atomic E-state index is -0.553. The summed E-state index contributed by atoms with van der Waals surface area (Å²) in [6.07, 6.45) is 1.36. The van der Waals surface area contributed by atoms with E-state index in [4.69, 9.17) is 0 Å². The van der Waals surface area contributed by atoms with Gasteiger partial charge in [-0.05, 0) is 11.1 Å². The van der Waals surface area contributed by atoms with Gasteiger partial charge in [0.15, 0.2) is 0 Å². The summed E-state index contributed by atoms with van der Waals surface area (Å²) >= 11 is 0. The minimum Gasteiger partial charge on any atom is -0.331 e. The molecule has 0 unspecified atom stereocenters. The second-order valence-corrected chi connectivity index (χ2v) is 7.18. The molecule has 2 aromatic rings. The summed E-state index contributed by atoms with van der Waals surface area (Å²) in [5, 5.41) is 0. The van der Waals surface area contributed by atoms with Crippen LogP contribution in [0.5, 0.6) is 0 Å². The Morgan fingerprint density at radius 2 is 1.30 bits per heavy atom. The molecule has 0 saturated heterocycles. The van der Waals surface area contributed by atoms with Gasteiger partial charge >= 0.3 is 0 Å². The fraction of sp³-hybridized carbons (Fsp3) is 0.381. The van der Waals surface area contributed by atoms with Crippen LogP contribution in [-0.4, -0.2) is 38.0 Å². The Morgan fingerprint density at radius 3 is 1.65 bits per heavy atom. The van der Waals surface area contributed by atoms with E-state index in [1.54, 1.807) is 0 Å². The number of carbonyl (C=O) groups is 1. The lowest BCUT2D eigenvalue weighted by Gasteiger charge is -2.36. The van der Waals surface area contributed by atoms with Crippen molar-refractivity contribution in [1.82, 2.24) is 0 Å². The molecule has 0 aliphatic rings. The maximum Gasteiger partial charge on any atom is 0.147 e. The Hall–Kier alpha value is -1.93. The van der Waals surface area contributed by atoms with Gasteiger partial charge in [0.2, 0.25) is 0 Å². The van der Waals surface area contributed by atoms with Crippen molar-refractivity contribution in [3.05, 3.63) is 71.8 Å². The van der Waals surface area contributed by atoms with Crippen LogP contribution < -0.4 is 0 Å². The van der Waals surface area contributed by atoms with Crippen LogP contribution in [-0.2, 0) is 10.2 Å². The maximum absolute atomic E-state index is 13.1. The predicted octanol–water partition coefficient (Wildman–Crippen LogP) is 4.05. The molecule has 0 amide bonds. The lowest BCUT2D eigenvalue weighted by Crippen LogP contribution is -2.44. The molecule has 0 aliphatic carbocycles. The molecule has 2 heteroatoms. The van der Waals surface area contributed by atoms with Gasteiger partial charge < -0.3 is 4.48 Å². The van der Waals surface area contributed by atoms with Crippen LogP contribution in [0.3, 0.4) is 0 Å². The molecule has 0 aromatic heterocycles. The van der Waals surface area contributed by atoms with Gasteiger partial charge in [0.05, 0.1) is 33.1 Å². The lowest BCUT2D eigenvalue weighted by atomic mass is 9.68. The first-order valence-corrected chi connectivity index (χ1v) is 8.35. The molecular weight excluding hydrogens is 282 g/mol. The van der Waals surface area contributed by atoms with E-state index < -0.39 is 5.41 Å². The number of carbonyl (C=O) groups excluding carboxylic acids is 1. The Morgan fingerprint density at radius 1 is 0.870 bits per heavy atom. The molecule has 0 radical (unpaired) electrons. The normalized spacial score (nSPS) is 12.2. The largest absolute Gasteiger partial charge is 0.331 e. The summed E-state index contributed by atoms with van der Waals surface area (Å²) in [6, 6.07) is 20.5. The van der Waals surface area contributed by atoms with E-state index in [2.05, 4.69) is 45.4 Å². The average molecular weight is 310 g/mol. The van der Waals surface area contributed by atoms with Crippen molar-refractivity contribution in [1.29, 1.82) is 0 Å². The fourth-order valence-corrected chi connectivity index (χ4v) is 3.17. The van der Waals surface area contributed by atoms with Gasteiger partial charge in [-0.15, -0.1) is 0 Å². The van der Waals surface area contributed by atoms with E-state index in [9.17, 15) is 4.79 Å². The third-order valence-electron chi connectivity index (χ3n) is 4.49. The summed E-state index contributed by atoms with van der Waals surface area (Å²) < 4.78 is 0.846. The lowest BCUT2D eigenvalue weighted by molar-refractivity contribution is -0.870. The summed E-state index contributed by atoms with van der Waals surface area (Å²) in [7, 11) is 6.53. The number of nitrogens with zero attached hydrogens (tertiary/aromatic N) is 1. The second-order valence-electron chi connectivity index (χ2n) is 7.18. The number of hydrogen-bond acceptors (Lipinski definition) is 1. The van der Waals surface area contributed by atoms with Crippen molar-refractivity contribution in [2.75, 3.05) is 27.7 Å². The van der Waals surface area contributed by atoms with Gasteiger partial charge in [-0.3, -0.25) is 4.79 Å². The van der Waals surface area contributed by atoms with Crippen LogP contribution in [0.1, 0.15) is 30.9 Å². The van der Waals surface area contributed by atoms with Gasteiger partial charge in [-0.2, -0.15) is 0 Å². The smallest absolute Gasteiger partial charge is 0.147 e. The molecule has 2 aromatic carbocycles. The van der Waals surface area contributed by atoms with Gasteiger partial charge in [-0.1, -0.05) is 67.6 Å². The van der Waals surface area contributed by atoms with Gasteiger partial charge in [0.1, 0.15) is 5.78 Å². The first-order valence-electron chi connectivity index (χ1n) is 8.35. The molecule has 2 nitrogen and oxygen atoms in total. The zero-order valence-electron chi connectivity index (χ0n) is 14.8. The molecule has 0 bridgehead atoms. The van der Waals surface area contributed by atoms with Gasteiger partial charge in [0.25, 0.3) is 0 Å². The Bertz CT molecular complexity index is 586. The highest BCUT2D eigenvalue weighted by Gasteiger charge is 2.41. The number of benzene rings is 2. The number of rotatable bonds is 7. The summed E-state index contributed by atoms with van der Waals surface area (Å²) in [6.45, 7) is 2.91. The zero-order valence-corrected chi connectivity index (χ0v) is 14.8. The van der Waals surface area contributed by atoms with Crippen molar-refractivity contribution in [2.45, 2.75) is 25.2 Å². The predicted molar refractivity (Wildman–Crippen MR) is 96.5 cm³/mol. The van der Waals surface area contributed by atoms with Crippen molar-refractivity contribution in [3.63, 3.8) is 0 Å². The molecule has 0 atom stereocenters. The summed E-state index contributed by atoms with van der Waals surface area (Å²) in [4.78, 5) is 13.1. The highest BCUT2D eigenvalue weighted by molar-refractivity contribution is 5.93. The van der Waals surface area contributed by atoms with E-state index >= 15 is 0 Å². The van der Waals surface area contributed by atoms with Gasteiger partial charge in [-0.25, -0.2) is 0 Å². The third-order valence-corrected chi connectivity index (χ3v) is 4.49. The Balaban J connectivity index is 2.61. The average Bonchev–Trinajstić information content (AvgIpc) is 2.56. The minimum absolute atomic E-state index is 0.295. The standard InChI is InChI=1S/C21H28NO/c1-5-20(23)21(16-17-22(2,3)4,18-12-8-6-9-13-18)19-14-10-7-11-15-19/h6-15H,5,16-17H2,1-4H3/q+1. The summed E-state index contributed by atoms with van der Waals surface area (Å²) in [5.41, 5.74) is 1.65. The highest BCUT2D eigenvalue weighted by Crippen LogP contribution is 2.38. The molecule has 0 N–H and O–H groups in total. The molecule has 2 rings (SSSR count). The molecule has 0 fully saturated rings. The SMILES string of the molecule is CCC(=O)C(CC[N+](C)(C)C)(c1ccccc1)c1ccccc1. The molecular formula is C21H28NO+. The number of quaternary nitrogens is 1. The Kier molecular flexibility index (Phi) is 5.38. The van der Waals surface area contributed by atoms with Crippen LogP contribution >= 0.6 is 0 Å². The van der Waals surface area contributed by atoms with E-state index in [0.29, 0.717) is 12.2 Å². The van der Waals surface area contributed by atoms with Gasteiger partial charge in [0, 0.05) is 12.8 Å². The van der Waals surface area contributed by atoms with Crippen molar-refractivity contribution < 1.29 is 9.28 Å². The Labute approximate surface area is 140 Å². The molecule has 0 spiro atoms. The third kappa shape index (κ3) is 3.89. The van der Waals surface area contributed by atoms with Crippen LogP contribution in [0.2, 0.25) is 0 Å². The summed E-state index contributed by atoms with van der Waals surface area (Å²) in [5.74, 6) is 0.295. The van der Waals surface area contributed by atoms with E-state index in [1.807, 2.05) is 43.3 Å². The number of Topliss-reactive ketones (excluding diaryl/α,β-unsaturated/α-hetero) is 1. The maximum atomic E-state index is 13.1. The number of hydrogen-bond donors (Lipinski definition) is 0. The van der Waals surface area contributed by atoms with Crippen molar-refractivity contribution in [3.8, 4) is 0 Å². The second kappa shape index (κ2) is 7.10. The molecule has 0 aliphatic heterocycles. The first kappa shape index (κ1) is 17.4. The van der Waals surface area contributed by atoms with E-state index in [0.717, 1.165) is 28.6 Å². The van der Waals surface area contributed by atoms with Crippen molar-refractivity contribution in [2.24, 2.45) is 0 Å². The molecule has 23 heavy (non-hydrogen) atoms.